The number of nitrogens with one attached hydrogen (secondary N) is 2. The van der Waals surface area contributed by atoms with Gasteiger partial charge < -0.3 is 0 Å². The molecule has 0 spiro atoms. The molecule has 0 saturated heterocycles. The maximum atomic E-state index is 11.5. The lowest BCUT2D eigenvalue weighted by Crippen LogP contribution is -2.32. The van der Waals surface area contributed by atoms with E-state index in [9.17, 15) is 8.42 Å². The molecule has 0 aliphatic rings. The van der Waals surface area contributed by atoms with Gasteiger partial charge in [-0.1, -0.05) is 32.0 Å². The Morgan fingerprint density at radius 2 is 1.80 bits per heavy atom. The molecular weight excluding hydrogens is 212 g/mol. The molecule has 0 radical (unpaired) electrons. The third kappa shape index (κ3) is 4.80. The normalized spacial score (nSPS) is 11.7. The molecule has 15 heavy (non-hydrogen) atoms. The van der Waals surface area contributed by atoms with Gasteiger partial charge in [-0.15, -0.1) is 0 Å². The predicted octanol–water partition coefficient (Wildman–Crippen LogP) is 1.59. The van der Waals surface area contributed by atoms with E-state index in [1.54, 1.807) is 24.3 Å². The van der Waals surface area contributed by atoms with Gasteiger partial charge in [0.2, 0.25) is 0 Å². The van der Waals surface area contributed by atoms with Crippen molar-refractivity contribution >= 4 is 15.9 Å². The Morgan fingerprint density at radius 3 is 2.33 bits per heavy atom. The minimum Gasteiger partial charge on any atom is -0.271 e. The molecule has 4 nitrogen and oxygen atoms in total. The Hall–Kier alpha value is -1.07. The smallest absolute Gasteiger partial charge is 0.271 e. The monoisotopic (exact) mass is 228 g/mol. The minimum absolute atomic E-state index is 0.289. The molecule has 84 valence electrons. The highest BCUT2D eigenvalue weighted by atomic mass is 32.2. The minimum atomic E-state index is -3.43. The Balaban J connectivity index is 2.57. The number of hydrogen-bond donors (Lipinski definition) is 2. The van der Waals surface area contributed by atoms with Crippen molar-refractivity contribution in [2.24, 2.45) is 5.92 Å². The van der Waals surface area contributed by atoms with Crippen molar-refractivity contribution in [2.75, 3.05) is 11.3 Å². The lowest BCUT2D eigenvalue weighted by molar-refractivity contribution is 0.565. The summed E-state index contributed by atoms with van der Waals surface area (Å²) < 4.78 is 27.9. The molecule has 0 aromatic heterocycles. The third-order valence-corrected chi connectivity index (χ3v) is 2.76. The molecular formula is C10H16N2O2S. The zero-order valence-corrected chi connectivity index (χ0v) is 9.71. The molecule has 0 aliphatic carbocycles. The van der Waals surface area contributed by atoms with Crippen molar-refractivity contribution in [3.63, 3.8) is 0 Å². The number of rotatable bonds is 5. The summed E-state index contributed by atoms with van der Waals surface area (Å²) in [7, 11) is -3.43. The van der Waals surface area contributed by atoms with E-state index in [1.807, 2.05) is 19.9 Å². The molecule has 0 saturated carbocycles. The summed E-state index contributed by atoms with van der Waals surface area (Å²) in [6.45, 7) is 4.33. The summed E-state index contributed by atoms with van der Waals surface area (Å²) in [6, 6.07) is 8.79. The van der Waals surface area contributed by atoms with Crippen LogP contribution < -0.4 is 9.44 Å². The summed E-state index contributed by atoms with van der Waals surface area (Å²) in [4.78, 5) is 0. The van der Waals surface area contributed by atoms with Crippen LogP contribution >= 0.6 is 0 Å². The van der Waals surface area contributed by atoms with Gasteiger partial charge in [0.15, 0.2) is 0 Å². The zero-order valence-electron chi connectivity index (χ0n) is 8.90. The third-order valence-electron chi connectivity index (χ3n) is 1.71. The Labute approximate surface area is 90.9 Å². The number of benzene rings is 1. The highest BCUT2D eigenvalue weighted by molar-refractivity contribution is 7.90. The van der Waals surface area contributed by atoms with Crippen LogP contribution in [0.5, 0.6) is 0 Å². The first kappa shape index (κ1) is 12.0. The van der Waals surface area contributed by atoms with Gasteiger partial charge in [-0.25, -0.2) is 0 Å². The second-order valence-corrected chi connectivity index (χ2v) is 5.21. The highest BCUT2D eigenvalue weighted by Gasteiger charge is 2.09. The van der Waals surface area contributed by atoms with Gasteiger partial charge in [-0.2, -0.15) is 13.1 Å². The van der Waals surface area contributed by atoms with E-state index in [2.05, 4.69) is 9.44 Å². The van der Waals surface area contributed by atoms with Gasteiger partial charge in [0, 0.05) is 12.2 Å². The molecule has 0 atom stereocenters. The summed E-state index contributed by atoms with van der Waals surface area (Å²) in [6.07, 6.45) is 0. The molecule has 1 aromatic rings. The molecule has 2 N–H and O–H groups in total. The van der Waals surface area contributed by atoms with E-state index in [0.717, 1.165) is 0 Å². The van der Waals surface area contributed by atoms with E-state index < -0.39 is 10.2 Å². The quantitative estimate of drug-likeness (QED) is 0.804. The zero-order chi connectivity index (χ0) is 11.3. The molecule has 0 amide bonds. The Bertz CT molecular complexity index is 387. The van der Waals surface area contributed by atoms with Crippen LogP contribution in [0, 0.1) is 5.92 Å². The fraction of sp³-hybridized carbons (Fsp3) is 0.400. The van der Waals surface area contributed by atoms with Crippen LogP contribution in [0.3, 0.4) is 0 Å². The molecule has 5 heteroatoms. The van der Waals surface area contributed by atoms with Crippen LogP contribution in [0.2, 0.25) is 0 Å². The maximum Gasteiger partial charge on any atom is 0.299 e. The maximum absolute atomic E-state index is 11.5. The van der Waals surface area contributed by atoms with Crippen molar-refractivity contribution in [2.45, 2.75) is 13.8 Å². The SMILES string of the molecule is CC(C)CNS(=O)(=O)Nc1ccccc1. The van der Waals surface area contributed by atoms with Crippen molar-refractivity contribution < 1.29 is 8.42 Å². The first-order chi connectivity index (χ1) is 6.99. The molecule has 1 aromatic carbocycles. The van der Waals surface area contributed by atoms with E-state index in [-0.39, 0.29) is 5.92 Å². The molecule has 0 bridgehead atoms. The highest BCUT2D eigenvalue weighted by Crippen LogP contribution is 2.06. The lowest BCUT2D eigenvalue weighted by atomic mass is 10.2. The van der Waals surface area contributed by atoms with E-state index in [0.29, 0.717) is 12.2 Å². The molecule has 0 aliphatic heterocycles. The largest absolute Gasteiger partial charge is 0.299 e. The summed E-state index contributed by atoms with van der Waals surface area (Å²) >= 11 is 0. The van der Waals surface area contributed by atoms with Crippen molar-refractivity contribution in [3.8, 4) is 0 Å². The van der Waals surface area contributed by atoms with Gasteiger partial charge in [0.05, 0.1) is 0 Å². The first-order valence-electron chi connectivity index (χ1n) is 4.82. The number of anilines is 1. The second kappa shape index (κ2) is 5.14. The number of para-hydroxylation sites is 1. The molecule has 1 rings (SSSR count). The van der Waals surface area contributed by atoms with E-state index >= 15 is 0 Å². The Kier molecular flexibility index (Phi) is 4.11. The van der Waals surface area contributed by atoms with Gasteiger partial charge in [0.1, 0.15) is 0 Å². The van der Waals surface area contributed by atoms with Gasteiger partial charge in [0.25, 0.3) is 10.2 Å². The van der Waals surface area contributed by atoms with Gasteiger partial charge in [-0.05, 0) is 18.1 Å². The summed E-state index contributed by atoms with van der Waals surface area (Å²) in [5.41, 5.74) is 0.564. The van der Waals surface area contributed by atoms with Crippen LogP contribution in [0.1, 0.15) is 13.8 Å². The standard InChI is InChI=1S/C10H16N2O2S/c1-9(2)8-11-15(13,14)12-10-6-4-3-5-7-10/h3-7,9,11-12H,8H2,1-2H3. The van der Waals surface area contributed by atoms with Gasteiger partial charge >= 0.3 is 0 Å². The van der Waals surface area contributed by atoms with Crippen molar-refractivity contribution in [3.05, 3.63) is 30.3 Å². The molecule has 0 heterocycles. The van der Waals surface area contributed by atoms with Crippen LogP contribution in [-0.4, -0.2) is 15.0 Å². The van der Waals surface area contributed by atoms with E-state index in [1.165, 1.54) is 0 Å². The Morgan fingerprint density at radius 1 is 1.20 bits per heavy atom. The average Bonchev–Trinajstić information content (AvgIpc) is 2.16. The van der Waals surface area contributed by atoms with Crippen LogP contribution in [-0.2, 0) is 10.2 Å². The summed E-state index contributed by atoms with van der Waals surface area (Å²) in [5.74, 6) is 0.289. The van der Waals surface area contributed by atoms with Crippen LogP contribution in [0.15, 0.2) is 30.3 Å². The molecule has 0 fully saturated rings. The molecule has 0 unspecified atom stereocenters. The summed E-state index contributed by atoms with van der Waals surface area (Å²) in [5, 5.41) is 0. The van der Waals surface area contributed by atoms with Crippen molar-refractivity contribution in [1.29, 1.82) is 0 Å². The predicted molar refractivity (Wildman–Crippen MR) is 61.8 cm³/mol. The topological polar surface area (TPSA) is 58.2 Å². The van der Waals surface area contributed by atoms with E-state index in [4.69, 9.17) is 0 Å². The number of hydrogen-bond acceptors (Lipinski definition) is 2. The first-order valence-corrected chi connectivity index (χ1v) is 6.30. The van der Waals surface area contributed by atoms with Gasteiger partial charge in [-0.3, -0.25) is 4.72 Å². The lowest BCUT2D eigenvalue weighted by Gasteiger charge is -2.10. The fourth-order valence-electron chi connectivity index (χ4n) is 0.974. The second-order valence-electron chi connectivity index (χ2n) is 3.71. The fourth-order valence-corrected chi connectivity index (χ4v) is 2.05. The van der Waals surface area contributed by atoms with Crippen molar-refractivity contribution in [1.82, 2.24) is 4.72 Å². The average molecular weight is 228 g/mol. The van der Waals surface area contributed by atoms with Crippen LogP contribution in [0.25, 0.3) is 0 Å². The van der Waals surface area contributed by atoms with Crippen LogP contribution in [0.4, 0.5) is 5.69 Å².